The summed E-state index contributed by atoms with van der Waals surface area (Å²) in [6, 6.07) is 14.1. The van der Waals surface area contributed by atoms with Crippen molar-refractivity contribution in [2.45, 2.75) is 37.6 Å². The summed E-state index contributed by atoms with van der Waals surface area (Å²) in [7, 11) is -2.03. The Balaban J connectivity index is 1.82. The number of carbonyl (C=O) groups is 1. The number of rotatable bonds is 6. The number of sulfonamides is 1. The average molecular weight is 387 g/mol. The molecule has 27 heavy (non-hydrogen) atoms. The highest BCUT2D eigenvalue weighted by molar-refractivity contribution is 7.89. The SMILES string of the molecule is CC(=O)c1ccc(S(=O)(=O)N(C)Cc2ccccc2N2CCCCC2)cc1. The molecule has 2 aromatic carbocycles. The van der Waals surface area contributed by atoms with Crippen LogP contribution in [-0.4, -0.2) is 38.6 Å². The van der Waals surface area contributed by atoms with Crippen molar-refractivity contribution in [3.8, 4) is 0 Å². The molecule has 0 N–H and O–H groups in total. The Bertz CT molecular complexity index is 901. The van der Waals surface area contributed by atoms with E-state index in [1.165, 1.54) is 42.6 Å². The van der Waals surface area contributed by atoms with E-state index < -0.39 is 10.0 Å². The van der Waals surface area contributed by atoms with Crippen molar-refractivity contribution in [2.75, 3.05) is 25.0 Å². The maximum Gasteiger partial charge on any atom is 0.243 e. The predicted molar refractivity (Wildman–Crippen MR) is 108 cm³/mol. The van der Waals surface area contributed by atoms with Crippen molar-refractivity contribution in [1.29, 1.82) is 0 Å². The normalized spacial score (nSPS) is 15.1. The van der Waals surface area contributed by atoms with Gasteiger partial charge in [-0.15, -0.1) is 0 Å². The Hall–Kier alpha value is -2.18. The summed E-state index contributed by atoms with van der Waals surface area (Å²) >= 11 is 0. The monoisotopic (exact) mass is 386 g/mol. The van der Waals surface area contributed by atoms with Gasteiger partial charge in [-0.1, -0.05) is 30.3 Å². The van der Waals surface area contributed by atoms with E-state index in [9.17, 15) is 13.2 Å². The van der Waals surface area contributed by atoms with Gasteiger partial charge in [-0.2, -0.15) is 4.31 Å². The highest BCUT2D eigenvalue weighted by Crippen LogP contribution is 2.26. The minimum Gasteiger partial charge on any atom is -0.371 e. The van der Waals surface area contributed by atoms with E-state index >= 15 is 0 Å². The molecule has 2 aromatic rings. The third-order valence-electron chi connectivity index (χ3n) is 5.05. The van der Waals surface area contributed by atoms with E-state index in [4.69, 9.17) is 0 Å². The summed E-state index contributed by atoms with van der Waals surface area (Å²) in [5.74, 6) is -0.0808. The summed E-state index contributed by atoms with van der Waals surface area (Å²) in [6.45, 7) is 3.80. The zero-order valence-electron chi connectivity index (χ0n) is 15.9. The van der Waals surface area contributed by atoms with Crippen LogP contribution in [0.1, 0.15) is 42.1 Å². The molecule has 0 saturated carbocycles. The fraction of sp³-hybridized carbons (Fsp3) is 0.381. The lowest BCUT2D eigenvalue weighted by atomic mass is 10.1. The maximum absolute atomic E-state index is 12.9. The molecule has 0 aliphatic carbocycles. The number of nitrogens with zero attached hydrogens (tertiary/aromatic N) is 2. The highest BCUT2D eigenvalue weighted by Gasteiger charge is 2.23. The topological polar surface area (TPSA) is 57.7 Å². The summed E-state index contributed by atoms with van der Waals surface area (Å²) < 4.78 is 27.2. The van der Waals surface area contributed by atoms with Crippen LogP contribution in [0.5, 0.6) is 0 Å². The summed E-state index contributed by atoms with van der Waals surface area (Å²) in [6.07, 6.45) is 3.60. The Labute approximate surface area is 161 Å². The van der Waals surface area contributed by atoms with Crippen molar-refractivity contribution in [3.05, 3.63) is 59.7 Å². The second kappa shape index (κ2) is 8.23. The zero-order chi connectivity index (χ0) is 19.4. The first-order chi connectivity index (χ1) is 12.9. The Morgan fingerprint density at radius 3 is 2.26 bits per heavy atom. The van der Waals surface area contributed by atoms with Gasteiger partial charge in [0, 0.05) is 37.9 Å². The van der Waals surface area contributed by atoms with Gasteiger partial charge >= 0.3 is 0 Å². The predicted octanol–water partition coefficient (Wildman–Crippen LogP) is 3.70. The fourth-order valence-electron chi connectivity index (χ4n) is 3.45. The molecule has 1 aliphatic heterocycles. The summed E-state index contributed by atoms with van der Waals surface area (Å²) in [5, 5.41) is 0. The smallest absolute Gasteiger partial charge is 0.243 e. The second-order valence-corrected chi connectivity index (χ2v) is 9.06. The molecular weight excluding hydrogens is 360 g/mol. The molecule has 1 aliphatic rings. The standard InChI is InChI=1S/C21H26N2O3S/c1-17(24)18-10-12-20(13-11-18)27(25,26)22(2)16-19-8-4-5-9-21(19)23-14-6-3-7-15-23/h4-5,8-13H,3,6-7,14-16H2,1-2H3. The van der Waals surface area contributed by atoms with Gasteiger partial charge in [-0.3, -0.25) is 4.79 Å². The molecule has 0 bridgehead atoms. The first-order valence-corrected chi connectivity index (χ1v) is 10.7. The second-order valence-electron chi connectivity index (χ2n) is 7.02. The van der Waals surface area contributed by atoms with E-state index in [1.807, 2.05) is 18.2 Å². The van der Waals surface area contributed by atoms with Crippen LogP contribution in [0.15, 0.2) is 53.4 Å². The third kappa shape index (κ3) is 4.39. The number of hydrogen-bond donors (Lipinski definition) is 0. The Kier molecular flexibility index (Phi) is 5.97. The van der Waals surface area contributed by atoms with Crippen LogP contribution in [0.4, 0.5) is 5.69 Å². The molecule has 0 spiro atoms. The minimum absolute atomic E-state index is 0.0808. The number of hydrogen-bond acceptors (Lipinski definition) is 4. The van der Waals surface area contributed by atoms with Crippen LogP contribution < -0.4 is 4.90 Å². The van der Waals surface area contributed by atoms with Crippen LogP contribution in [0.3, 0.4) is 0 Å². The number of carbonyl (C=O) groups excluding carboxylic acids is 1. The molecule has 0 amide bonds. The first-order valence-electron chi connectivity index (χ1n) is 9.30. The van der Waals surface area contributed by atoms with E-state index in [0.29, 0.717) is 12.1 Å². The Morgan fingerprint density at radius 1 is 1.00 bits per heavy atom. The van der Waals surface area contributed by atoms with Gasteiger partial charge in [0.2, 0.25) is 10.0 Å². The summed E-state index contributed by atoms with van der Waals surface area (Å²) in [4.78, 5) is 14.0. The van der Waals surface area contributed by atoms with Crippen LogP contribution in [0, 0.1) is 0 Å². The molecule has 1 heterocycles. The number of piperidine rings is 1. The van der Waals surface area contributed by atoms with Crippen molar-refractivity contribution >= 4 is 21.5 Å². The highest BCUT2D eigenvalue weighted by atomic mass is 32.2. The van der Waals surface area contributed by atoms with Gasteiger partial charge < -0.3 is 4.90 Å². The third-order valence-corrected chi connectivity index (χ3v) is 6.87. The van der Waals surface area contributed by atoms with E-state index in [0.717, 1.165) is 24.3 Å². The van der Waals surface area contributed by atoms with Gasteiger partial charge in [-0.25, -0.2) is 8.42 Å². The Morgan fingerprint density at radius 2 is 1.63 bits per heavy atom. The molecule has 0 radical (unpaired) electrons. The zero-order valence-corrected chi connectivity index (χ0v) is 16.7. The summed E-state index contributed by atoms with van der Waals surface area (Å²) in [5.41, 5.74) is 2.63. The molecule has 6 heteroatoms. The lowest BCUT2D eigenvalue weighted by Gasteiger charge is -2.31. The molecule has 0 unspecified atom stereocenters. The molecular formula is C21H26N2O3S. The molecule has 1 fully saturated rings. The fourth-order valence-corrected chi connectivity index (χ4v) is 4.60. The molecule has 0 aromatic heterocycles. The van der Waals surface area contributed by atoms with Crippen molar-refractivity contribution in [2.24, 2.45) is 0 Å². The molecule has 0 atom stereocenters. The van der Waals surface area contributed by atoms with Gasteiger partial charge in [-0.05, 0) is 49.9 Å². The first kappa shape index (κ1) is 19.6. The quantitative estimate of drug-likeness (QED) is 0.711. The molecule has 144 valence electrons. The number of ketones is 1. The molecule has 3 rings (SSSR count). The lowest BCUT2D eigenvalue weighted by Crippen LogP contribution is -2.32. The van der Waals surface area contributed by atoms with Crippen LogP contribution in [-0.2, 0) is 16.6 Å². The maximum atomic E-state index is 12.9. The van der Waals surface area contributed by atoms with Gasteiger partial charge in [0.25, 0.3) is 0 Å². The largest absolute Gasteiger partial charge is 0.371 e. The number of Topliss-reactive ketones (excluding diaryl/α,β-unsaturated/α-hetero) is 1. The van der Waals surface area contributed by atoms with Crippen molar-refractivity contribution in [1.82, 2.24) is 4.31 Å². The van der Waals surface area contributed by atoms with Crippen LogP contribution in [0.25, 0.3) is 0 Å². The van der Waals surface area contributed by atoms with E-state index in [-0.39, 0.29) is 10.7 Å². The number of anilines is 1. The molecule has 1 saturated heterocycles. The van der Waals surface area contributed by atoms with E-state index in [2.05, 4.69) is 11.0 Å². The van der Waals surface area contributed by atoms with E-state index in [1.54, 1.807) is 19.2 Å². The minimum atomic E-state index is -3.62. The number of para-hydroxylation sites is 1. The van der Waals surface area contributed by atoms with Gasteiger partial charge in [0.05, 0.1) is 4.90 Å². The van der Waals surface area contributed by atoms with Crippen LogP contribution >= 0.6 is 0 Å². The van der Waals surface area contributed by atoms with Crippen LogP contribution in [0.2, 0.25) is 0 Å². The lowest BCUT2D eigenvalue weighted by molar-refractivity contribution is 0.101. The van der Waals surface area contributed by atoms with Gasteiger partial charge in [0.15, 0.2) is 5.78 Å². The van der Waals surface area contributed by atoms with Gasteiger partial charge in [0.1, 0.15) is 0 Å². The average Bonchev–Trinajstić information content (AvgIpc) is 2.69. The van der Waals surface area contributed by atoms with Crippen molar-refractivity contribution in [3.63, 3.8) is 0 Å². The molecule has 5 nitrogen and oxygen atoms in total. The number of benzene rings is 2. The van der Waals surface area contributed by atoms with Crippen molar-refractivity contribution < 1.29 is 13.2 Å².